The third-order valence-corrected chi connectivity index (χ3v) is 6.14. The Morgan fingerprint density at radius 1 is 1.13 bits per heavy atom. The molecule has 0 saturated carbocycles. The summed E-state index contributed by atoms with van der Waals surface area (Å²) in [4.78, 5) is 1.35. The van der Waals surface area contributed by atoms with Crippen molar-refractivity contribution < 1.29 is 13.2 Å². The highest BCUT2D eigenvalue weighted by atomic mass is 32.2. The molecule has 0 atom stereocenters. The van der Waals surface area contributed by atoms with E-state index in [9.17, 15) is 8.42 Å². The van der Waals surface area contributed by atoms with Crippen LogP contribution in [0.4, 0.5) is 0 Å². The summed E-state index contributed by atoms with van der Waals surface area (Å²) in [6, 6.07) is 13.0. The molecule has 2 aromatic carbocycles. The molecule has 0 aromatic heterocycles. The van der Waals surface area contributed by atoms with Crippen molar-refractivity contribution >= 4 is 21.8 Å². The van der Waals surface area contributed by atoms with Crippen LogP contribution in [0, 0.1) is 6.92 Å². The molecule has 0 radical (unpaired) electrons. The highest BCUT2D eigenvalue weighted by Gasteiger charge is 2.25. The molecule has 0 amide bonds. The Balaban J connectivity index is 2.29. The maximum atomic E-state index is 12.8. The van der Waals surface area contributed by atoms with Crippen molar-refractivity contribution in [3.63, 3.8) is 0 Å². The van der Waals surface area contributed by atoms with Crippen LogP contribution in [-0.2, 0) is 16.6 Å². The molecule has 124 valence electrons. The topological polar surface area (TPSA) is 46.6 Å². The second kappa shape index (κ2) is 7.38. The van der Waals surface area contributed by atoms with E-state index in [0.29, 0.717) is 12.3 Å². The zero-order chi connectivity index (χ0) is 17.0. The van der Waals surface area contributed by atoms with Gasteiger partial charge >= 0.3 is 0 Å². The van der Waals surface area contributed by atoms with E-state index in [1.807, 2.05) is 43.5 Å². The summed E-state index contributed by atoms with van der Waals surface area (Å²) < 4.78 is 32.2. The fourth-order valence-corrected chi connectivity index (χ4v) is 4.03. The van der Waals surface area contributed by atoms with E-state index in [1.165, 1.54) is 11.4 Å². The van der Waals surface area contributed by atoms with Gasteiger partial charge in [0.25, 0.3) is 0 Å². The number of hydrogen-bond acceptors (Lipinski definition) is 4. The molecule has 0 heterocycles. The van der Waals surface area contributed by atoms with Gasteiger partial charge in [-0.15, -0.1) is 11.8 Å². The predicted octanol–water partition coefficient (Wildman–Crippen LogP) is 3.55. The maximum absolute atomic E-state index is 12.8. The molecule has 2 rings (SSSR count). The summed E-state index contributed by atoms with van der Waals surface area (Å²) in [7, 11) is -0.555. The maximum Gasteiger partial charge on any atom is 0.246 e. The highest BCUT2D eigenvalue weighted by molar-refractivity contribution is 7.98. The Bertz CT molecular complexity index is 771. The first-order chi connectivity index (χ1) is 10.9. The van der Waals surface area contributed by atoms with Crippen LogP contribution in [0.25, 0.3) is 0 Å². The fraction of sp³-hybridized carbons (Fsp3) is 0.294. The minimum atomic E-state index is -3.61. The number of benzene rings is 2. The second-order valence-corrected chi connectivity index (χ2v) is 8.16. The lowest BCUT2D eigenvalue weighted by molar-refractivity contribution is 0.397. The van der Waals surface area contributed by atoms with E-state index in [2.05, 4.69) is 0 Å². The van der Waals surface area contributed by atoms with Gasteiger partial charge in [-0.1, -0.05) is 18.2 Å². The third kappa shape index (κ3) is 4.07. The summed E-state index contributed by atoms with van der Waals surface area (Å²) in [5, 5.41) is 0. The van der Waals surface area contributed by atoms with Crippen molar-refractivity contribution in [1.82, 2.24) is 4.31 Å². The average molecular weight is 351 g/mol. The normalized spacial score (nSPS) is 11.7. The number of thioether (sulfide) groups is 1. The van der Waals surface area contributed by atoms with Crippen LogP contribution in [0.5, 0.6) is 5.75 Å². The number of ether oxygens (including phenoxy) is 1. The Kier molecular flexibility index (Phi) is 5.73. The Morgan fingerprint density at radius 2 is 1.78 bits per heavy atom. The summed E-state index contributed by atoms with van der Waals surface area (Å²) in [5.74, 6) is 0.361. The average Bonchev–Trinajstić information content (AvgIpc) is 2.55. The smallest absolute Gasteiger partial charge is 0.246 e. The lowest BCUT2D eigenvalue weighted by Crippen LogP contribution is -2.27. The summed E-state index contributed by atoms with van der Waals surface area (Å²) in [6.45, 7) is 2.17. The van der Waals surface area contributed by atoms with Crippen molar-refractivity contribution in [2.75, 3.05) is 20.4 Å². The lowest BCUT2D eigenvalue weighted by atomic mass is 10.2. The molecule has 2 aromatic rings. The monoisotopic (exact) mass is 351 g/mol. The van der Waals surface area contributed by atoms with Crippen LogP contribution in [0.1, 0.15) is 11.1 Å². The van der Waals surface area contributed by atoms with E-state index in [1.54, 1.807) is 30.9 Å². The Labute approximate surface area is 142 Å². The Morgan fingerprint density at radius 3 is 2.35 bits per heavy atom. The van der Waals surface area contributed by atoms with Crippen LogP contribution in [0.2, 0.25) is 0 Å². The van der Waals surface area contributed by atoms with Crippen LogP contribution in [-0.4, -0.2) is 33.1 Å². The van der Waals surface area contributed by atoms with Crippen LogP contribution < -0.4 is 4.74 Å². The molecule has 4 nitrogen and oxygen atoms in total. The van der Waals surface area contributed by atoms with Gasteiger partial charge in [0.05, 0.1) is 7.11 Å². The molecule has 0 aliphatic rings. The van der Waals surface area contributed by atoms with E-state index < -0.39 is 10.0 Å². The second-order valence-electron chi connectivity index (χ2n) is 5.26. The molecule has 0 unspecified atom stereocenters. The van der Waals surface area contributed by atoms with Gasteiger partial charge in [0.1, 0.15) is 10.6 Å². The molecule has 0 saturated heterocycles. The molecular weight excluding hydrogens is 330 g/mol. The number of sulfonamides is 1. The molecule has 0 aliphatic carbocycles. The fourth-order valence-electron chi connectivity index (χ4n) is 2.23. The first-order valence-electron chi connectivity index (χ1n) is 7.12. The van der Waals surface area contributed by atoms with E-state index in [-0.39, 0.29) is 4.90 Å². The summed E-state index contributed by atoms with van der Waals surface area (Å²) >= 11 is 1.66. The van der Waals surface area contributed by atoms with E-state index in [4.69, 9.17) is 4.74 Å². The van der Waals surface area contributed by atoms with Crippen LogP contribution >= 0.6 is 11.8 Å². The first-order valence-corrected chi connectivity index (χ1v) is 9.79. The van der Waals surface area contributed by atoms with E-state index in [0.717, 1.165) is 16.0 Å². The van der Waals surface area contributed by atoms with Crippen molar-refractivity contribution in [1.29, 1.82) is 0 Å². The van der Waals surface area contributed by atoms with Crippen molar-refractivity contribution in [3.05, 3.63) is 53.6 Å². The lowest BCUT2D eigenvalue weighted by Gasteiger charge is -2.19. The zero-order valence-corrected chi connectivity index (χ0v) is 15.4. The van der Waals surface area contributed by atoms with Gasteiger partial charge in [0.2, 0.25) is 10.0 Å². The summed E-state index contributed by atoms with van der Waals surface area (Å²) in [6.07, 6.45) is 2.01. The van der Waals surface area contributed by atoms with Gasteiger partial charge in [-0.05, 0) is 48.6 Å². The van der Waals surface area contributed by atoms with Gasteiger partial charge in [-0.25, -0.2) is 8.42 Å². The van der Waals surface area contributed by atoms with Gasteiger partial charge in [-0.2, -0.15) is 4.31 Å². The van der Waals surface area contributed by atoms with Gasteiger partial charge < -0.3 is 4.74 Å². The van der Waals surface area contributed by atoms with Crippen molar-refractivity contribution in [3.8, 4) is 5.75 Å². The minimum absolute atomic E-state index is 0.197. The quantitative estimate of drug-likeness (QED) is 0.747. The molecule has 0 bridgehead atoms. The SMILES string of the molecule is COc1ccc(C)cc1S(=O)(=O)N(C)Cc1ccc(SC)cc1. The van der Waals surface area contributed by atoms with Crippen LogP contribution in [0.15, 0.2) is 52.3 Å². The third-order valence-electron chi connectivity index (χ3n) is 3.57. The molecule has 6 heteroatoms. The van der Waals surface area contributed by atoms with Gasteiger partial charge in [0, 0.05) is 18.5 Å². The molecule has 0 N–H and O–H groups in total. The number of methoxy groups -OCH3 is 1. The van der Waals surface area contributed by atoms with Crippen molar-refractivity contribution in [2.24, 2.45) is 0 Å². The number of aryl methyl sites for hydroxylation is 1. The molecule has 23 heavy (non-hydrogen) atoms. The molecule has 0 fully saturated rings. The Hall–Kier alpha value is -1.50. The molecule has 0 spiro atoms. The van der Waals surface area contributed by atoms with E-state index >= 15 is 0 Å². The predicted molar refractivity (Wildman–Crippen MR) is 94.6 cm³/mol. The zero-order valence-electron chi connectivity index (χ0n) is 13.7. The standard InChI is InChI=1S/C17H21NO3S2/c1-13-5-10-16(21-3)17(11-13)23(19,20)18(2)12-14-6-8-15(22-4)9-7-14/h5-11H,12H2,1-4H3. The molecule has 0 aliphatic heterocycles. The number of rotatable bonds is 6. The van der Waals surface area contributed by atoms with Gasteiger partial charge in [0.15, 0.2) is 0 Å². The molecular formula is C17H21NO3S2. The first kappa shape index (κ1) is 17.8. The number of nitrogens with zero attached hydrogens (tertiary/aromatic N) is 1. The largest absolute Gasteiger partial charge is 0.495 e. The van der Waals surface area contributed by atoms with Gasteiger partial charge in [-0.3, -0.25) is 0 Å². The van der Waals surface area contributed by atoms with Crippen LogP contribution in [0.3, 0.4) is 0 Å². The summed E-state index contributed by atoms with van der Waals surface area (Å²) in [5.41, 5.74) is 1.82. The number of hydrogen-bond donors (Lipinski definition) is 0. The van der Waals surface area contributed by atoms with Crippen molar-refractivity contribution in [2.45, 2.75) is 23.3 Å². The highest BCUT2D eigenvalue weighted by Crippen LogP contribution is 2.28. The minimum Gasteiger partial charge on any atom is -0.495 e.